The van der Waals surface area contributed by atoms with Gasteiger partial charge in [0.15, 0.2) is 0 Å². The molecule has 8 bridgehead atoms. The fourth-order valence-electron chi connectivity index (χ4n) is 7.41. The van der Waals surface area contributed by atoms with Crippen LogP contribution in [0.2, 0.25) is 0 Å². The lowest BCUT2D eigenvalue weighted by Crippen LogP contribution is -2.43. The first-order chi connectivity index (χ1) is 21.2. The van der Waals surface area contributed by atoms with Gasteiger partial charge in [-0.1, -0.05) is 37.5 Å². The summed E-state index contributed by atoms with van der Waals surface area (Å²) in [5.41, 5.74) is -0.616. The predicted molar refractivity (Wildman–Crippen MR) is 164 cm³/mol. The lowest BCUT2D eigenvalue weighted by atomic mass is 9.66. The number of hydrogen-bond donors (Lipinski definition) is 1. The molecule has 7 nitrogen and oxygen atoms in total. The smallest absolute Gasteiger partial charge is 0.278 e. The van der Waals surface area contributed by atoms with E-state index in [1.807, 2.05) is 0 Å². The van der Waals surface area contributed by atoms with Crippen molar-refractivity contribution in [2.45, 2.75) is 108 Å². The van der Waals surface area contributed by atoms with Crippen LogP contribution in [0.25, 0.3) is 11.0 Å². The number of benzene rings is 1. The molecule has 4 aliphatic rings. The highest BCUT2D eigenvalue weighted by Crippen LogP contribution is 2.45. The minimum Gasteiger partial charge on any atom is -0.363 e. The molecule has 1 aliphatic carbocycles. The topological polar surface area (TPSA) is 86.8 Å². The molecule has 44 heavy (non-hydrogen) atoms. The Morgan fingerprint density at radius 3 is 2.43 bits per heavy atom. The fraction of sp³-hybridized carbons (Fsp3) is 0.588. The summed E-state index contributed by atoms with van der Waals surface area (Å²) >= 11 is 0. The first kappa shape index (κ1) is 30.6. The number of rotatable bonds is 1. The monoisotopic (exact) mass is 606 g/mol. The Morgan fingerprint density at radius 1 is 0.977 bits per heavy atom. The Bertz CT molecular complexity index is 1620. The minimum atomic E-state index is -3.30. The third kappa shape index (κ3) is 5.38. The standard InChI is InChI=1S/C34H41F3N6O/c1-22-9-5-3-4-6-16-43-31-26(19-28(32(43)44)33(20-38)14-8-15-33)30(39-21-40-31)41-23(2)25-10-7-11-27(29(25)35)34(36,37)24-12-17-42(22)18-13-24/h7,10-11,19,21-24H,3-6,8-9,12-18H2,1-2H3,(H,39,40,41)/t22?,23-/m1/s1. The Morgan fingerprint density at radius 2 is 1.73 bits per heavy atom. The van der Waals surface area contributed by atoms with Crippen LogP contribution in [0.3, 0.4) is 0 Å². The molecule has 1 aromatic carbocycles. The summed E-state index contributed by atoms with van der Waals surface area (Å²) in [7, 11) is 0. The number of fused-ring (bicyclic) bond motifs is 9. The van der Waals surface area contributed by atoms with E-state index in [1.54, 1.807) is 17.6 Å². The average molecular weight is 607 g/mol. The molecule has 1 N–H and O–H groups in total. The average Bonchev–Trinajstić information content (AvgIpc) is 2.99. The third-order valence-corrected chi connectivity index (χ3v) is 10.4. The molecule has 7 rings (SSSR count). The lowest BCUT2D eigenvalue weighted by molar-refractivity contribution is -0.0907. The number of nitrogens with one attached hydrogen (secondary N) is 1. The van der Waals surface area contributed by atoms with E-state index in [9.17, 15) is 10.1 Å². The minimum absolute atomic E-state index is 0.118. The molecule has 2 aromatic heterocycles. The van der Waals surface area contributed by atoms with Crippen molar-refractivity contribution in [2.24, 2.45) is 5.92 Å². The zero-order valence-corrected chi connectivity index (χ0v) is 25.6. The van der Waals surface area contributed by atoms with Gasteiger partial charge >= 0.3 is 0 Å². The molecular formula is C34H41F3N6O. The highest BCUT2D eigenvalue weighted by molar-refractivity contribution is 5.87. The highest BCUT2D eigenvalue weighted by atomic mass is 19.3. The van der Waals surface area contributed by atoms with Crippen LogP contribution in [-0.2, 0) is 17.9 Å². The van der Waals surface area contributed by atoms with Gasteiger partial charge in [0.1, 0.15) is 23.6 Å². The van der Waals surface area contributed by atoms with Gasteiger partial charge in [0.2, 0.25) is 0 Å². The normalized spacial score (nSPS) is 27.1. The Labute approximate surface area is 256 Å². The van der Waals surface area contributed by atoms with Crippen molar-refractivity contribution in [1.29, 1.82) is 5.26 Å². The number of pyridine rings is 1. The van der Waals surface area contributed by atoms with Crippen LogP contribution in [-0.4, -0.2) is 38.6 Å². The summed E-state index contributed by atoms with van der Waals surface area (Å²) in [6.07, 6.45) is 8.81. The molecule has 0 radical (unpaired) electrons. The number of nitriles is 1. The second kappa shape index (κ2) is 12.2. The molecule has 1 saturated heterocycles. The van der Waals surface area contributed by atoms with E-state index in [0.717, 1.165) is 38.5 Å². The number of halogens is 3. The molecule has 234 valence electrons. The van der Waals surface area contributed by atoms with E-state index in [0.29, 0.717) is 67.7 Å². The summed E-state index contributed by atoms with van der Waals surface area (Å²) in [6.45, 7) is 5.49. The second-order valence-electron chi connectivity index (χ2n) is 13.1. The number of anilines is 1. The molecule has 0 amide bonds. The fourth-order valence-corrected chi connectivity index (χ4v) is 7.41. The summed E-state index contributed by atoms with van der Waals surface area (Å²) in [5, 5.41) is 13.9. The molecule has 10 heteroatoms. The predicted octanol–water partition coefficient (Wildman–Crippen LogP) is 7.21. The molecule has 0 spiro atoms. The Balaban J connectivity index is 1.44. The Kier molecular flexibility index (Phi) is 8.44. The van der Waals surface area contributed by atoms with Crippen LogP contribution < -0.4 is 10.9 Å². The summed E-state index contributed by atoms with van der Waals surface area (Å²) in [4.78, 5) is 25.1. The van der Waals surface area contributed by atoms with E-state index in [1.165, 1.54) is 24.5 Å². The zero-order chi connectivity index (χ0) is 31.1. The molecule has 5 heterocycles. The van der Waals surface area contributed by atoms with Crippen LogP contribution in [0.5, 0.6) is 0 Å². The maximum Gasteiger partial charge on any atom is 0.278 e. The van der Waals surface area contributed by atoms with E-state index in [2.05, 4.69) is 33.2 Å². The molecule has 1 saturated carbocycles. The number of hydrogen-bond acceptors (Lipinski definition) is 6. The van der Waals surface area contributed by atoms with Gasteiger partial charge in [0, 0.05) is 29.6 Å². The van der Waals surface area contributed by atoms with Crippen LogP contribution in [0.15, 0.2) is 35.4 Å². The molecule has 2 atom stereocenters. The number of aromatic nitrogens is 3. The summed E-state index contributed by atoms with van der Waals surface area (Å²) < 4.78 is 49.5. The second-order valence-corrected chi connectivity index (χ2v) is 13.1. The first-order valence-corrected chi connectivity index (χ1v) is 16.1. The van der Waals surface area contributed by atoms with Crippen LogP contribution in [0.1, 0.15) is 101 Å². The Hall–Kier alpha value is -3.45. The van der Waals surface area contributed by atoms with Gasteiger partial charge in [0.05, 0.1) is 28.5 Å². The number of alkyl halides is 2. The SMILES string of the molecule is CC1CCCCCCn2c(=O)c(C3(C#N)CCC3)cc3c(ncnc32)N[C@H](C)c2cccc(c2F)C(F)(F)C2CCN1CC2. The first-order valence-electron chi connectivity index (χ1n) is 16.1. The van der Waals surface area contributed by atoms with Crippen molar-refractivity contribution in [2.75, 3.05) is 18.4 Å². The van der Waals surface area contributed by atoms with E-state index in [4.69, 9.17) is 0 Å². The van der Waals surface area contributed by atoms with Gasteiger partial charge in [0.25, 0.3) is 11.5 Å². The molecule has 1 unspecified atom stereocenters. The van der Waals surface area contributed by atoms with Gasteiger partial charge < -0.3 is 10.2 Å². The van der Waals surface area contributed by atoms with E-state index >= 15 is 13.2 Å². The van der Waals surface area contributed by atoms with Crippen LogP contribution in [0, 0.1) is 23.1 Å². The van der Waals surface area contributed by atoms with Crippen molar-refractivity contribution in [3.8, 4) is 6.07 Å². The third-order valence-electron chi connectivity index (χ3n) is 10.4. The van der Waals surface area contributed by atoms with Crippen molar-refractivity contribution in [3.05, 3.63) is 63.5 Å². The number of aryl methyl sites for hydroxylation is 1. The lowest BCUT2D eigenvalue weighted by Gasteiger charge is -2.39. The molecular weight excluding hydrogens is 565 g/mol. The van der Waals surface area contributed by atoms with Gasteiger partial charge in [-0.2, -0.15) is 5.26 Å². The summed E-state index contributed by atoms with van der Waals surface area (Å²) in [5.74, 6) is -4.76. The van der Waals surface area contributed by atoms with Crippen molar-refractivity contribution < 1.29 is 13.2 Å². The largest absolute Gasteiger partial charge is 0.363 e. The summed E-state index contributed by atoms with van der Waals surface area (Å²) in [6, 6.07) is 7.92. The maximum absolute atomic E-state index is 16.0. The molecule has 2 fully saturated rings. The number of nitrogens with zero attached hydrogens (tertiary/aromatic N) is 5. The van der Waals surface area contributed by atoms with Crippen LogP contribution >= 0.6 is 0 Å². The highest BCUT2D eigenvalue weighted by Gasteiger charge is 2.45. The van der Waals surface area contributed by atoms with Crippen molar-refractivity contribution in [3.63, 3.8) is 0 Å². The zero-order valence-electron chi connectivity index (χ0n) is 25.6. The van der Waals surface area contributed by atoms with Gasteiger partial charge in [-0.15, -0.1) is 0 Å². The van der Waals surface area contributed by atoms with Crippen molar-refractivity contribution in [1.82, 2.24) is 19.4 Å². The maximum atomic E-state index is 16.0. The molecule has 3 aromatic rings. The van der Waals surface area contributed by atoms with Gasteiger partial charge in [-0.3, -0.25) is 9.36 Å². The van der Waals surface area contributed by atoms with Crippen LogP contribution in [0.4, 0.5) is 19.0 Å². The van der Waals surface area contributed by atoms with Gasteiger partial charge in [-0.05, 0) is 77.9 Å². The number of piperidine rings is 1. The van der Waals surface area contributed by atoms with Gasteiger partial charge in [-0.25, -0.2) is 23.1 Å². The van der Waals surface area contributed by atoms with Crippen molar-refractivity contribution >= 4 is 16.9 Å². The molecule has 3 aliphatic heterocycles. The van der Waals surface area contributed by atoms with E-state index in [-0.39, 0.29) is 17.2 Å². The van der Waals surface area contributed by atoms with E-state index < -0.39 is 34.7 Å². The quantitative estimate of drug-likeness (QED) is 0.315.